The van der Waals surface area contributed by atoms with Crippen molar-refractivity contribution >= 4 is 29.2 Å². The van der Waals surface area contributed by atoms with E-state index in [1.165, 1.54) is 29.0 Å². The molecule has 0 saturated carbocycles. The van der Waals surface area contributed by atoms with Crippen molar-refractivity contribution in [3.63, 3.8) is 0 Å². The summed E-state index contributed by atoms with van der Waals surface area (Å²) >= 11 is 1.65. The third kappa shape index (κ3) is 5.43. The normalized spacial score (nSPS) is 25.0. The zero-order valence-corrected chi connectivity index (χ0v) is 20.7. The Bertz CT molecular complexity index is 816. The number of hydrogen-bond donors (Lipinski definition) is 1. The Morgan fingerprint density at radius 2 is 1.88 bits per heavy atom. The molecule has 0 spiro atoms. The molecule has 1 aromatic heterocycles. The molecule has 4 amide bonds. The largest absolute Gasteiger partial charge is 0.343 e. The van der Waals surface area contributed by atoms with Gasteiger partial charge in [-0.2, -0.15) is 0 Å². The summed E-state index contributed by atoms with van der Waals surface area (Å²) in [5.41, 5.74) is -0.815. The molecule has 7 nitrogen and oxygen atoms in total. The van der Waals surface area contributed by atoms with Gasteiger partial charge in [-0.15, -0.1) is 11.3 Å². The molecule has 0 bridgehead atoms. The average molecular weight is 475 g/mol. The first-order chi connectivity index (χ1) is 16.0. The van der Waals surface area contributed by atoms with Crippen LogP contribution in [0.4, 0.5) is 4.79 Å². The Morgan fingerprint density at radius 3 is 2.55 bits per heavy atom. The van der Waals surface area contributed by atoms with Crippen molar-refractivity contribution in [3.8, 4) is 0 Å². The first-order valence-corrected chi connectivity index (χ1v) is 13.6. The standard InChI is InChI=1S/C25H38N4O3S/c1-2-12-25(23(31)29(24(32)26-25)18-10-21-7-6-19-33-21)20-8-16-28(17-9-20)22(30)11-15-27-13-4-3-5-14-27/h6-7,19-20H,2-5,8-18H2,1H3,(H,26,32)/t25-/m0/s1. The van der Waals surface area contributed by atoms with E-state index in [2.05, 4.69) is 17.1 Å². The molecule has 8 heteroatoms. The maximum atomic E-state index is 13.5. The zero-order valence-electron chi connectivity index (χ0n) is 19.9. The van der Waals surface area contributed by atoms with Gasteiger partial charge in [-0.1, -0.05) is 25.8 Å². The Labute approximate surface area is 201 Å². The van der Waals surface area contributed by atoms with E-state index in [0.717, 1.165) is 38.9 Å². The number of carbonyl (C=O) groups is 3. The molecule has 0 unspecified atom stereocenters. The summed E-state index contributed by atoms with van der Waals surface area (Å²) in [6, 6.07) is 3.78. The van der Waals surface area contributed by atoms with Gasteiger partial charge in [0.1, 0.15) is 5.54 Å². The van der Waals surface area contributed by atoms with Crippen LogP contribution in [0.25, 0.3) is 0 Å². The second-order valence-corrected chi connectivity index (χ2v) is 10.8. The van der Waals surface area contributed by atoms with Gasteiger partial charge < -0.3 is 15.1 Å². The van der Waals surface area contributed by atoms with E-state index in [9.17, 15) is 14.4 Å². The Kier molecular flexibility index (Phi) is 8.07. The molecule has 3 aliphatic rings. The summed E-state index contributed by atoms with van der Waals surface area (Å²) in [5.74, 6) is 0.232. The van der Waals surface area contributed by atoms with Crippen molar-refractivity contribution in [3.05, 3.63) is 22.4 Å². The number of hydrogen-bond acceptors (Lipinski definition) is 5. The highest BCUT2D eigenvalue weighted by Crippen LogP contribution is 2.37. The molecule has 1 N–H and O–H groups in total. The number of piperidine rings is 2. The van der Waals surface area contributed by atoms with Crippen molar-refractivity contribution in [1.29, 1.82) is 0 Å². The molecule has 1 aromatic rings. The average Bonchev–Trinajstić information content (AvgIpc) is 3.44. The first kappa shape index (κ1) is 24.2. The molecule has 0 aliphatic carbocycles. The second kappa shape index (κ2) is 11.0. The van der Waals surface area contributed by atoms with Crippen LogP contribution < -0.4 is 5.32 Å². The molecule has 3 fully saturated rings. The fourth-order valence-corrected chi connectivity index (χ4v) is 6.48. The highest BCUT2D eigenvalue weighted by Gasteiger charge is 2.55. The fraction of sp³-hybridized carbons (Fsp3) is 0.720. The van der Waals surface area contributed by atoms with Crippen molar-refractivity contribution in [2.75, 3.05) is 39.3 Å². The quantitative estimate of drug-likeness (QED) is 0.556. The molecule has 1 atom stereocenters. The summed E-state index contributed by atoms with van der Waals surface area (Å²) in [6.45, 7) is 6.91. The number of amides is 4. The number of imide groups is 1. The summed E-state index contributed by atoms with van der Waals surface area (Å²) in [6.07, 6.45) is 8.07. The van der Waals surface area contributed by atoms with Gasteiger partial charge in [-0.3, -0.25) is 14.5 Å². The lowest BCUT2D eigenvalue weighted by Gasteiger charge is -2.41. The number of rotatable bonds is 9. The van der Waals surface area contributed by atoms with Gasteiger partial charge in [0, 0.05) is 37.5 Å². The summed E-state index contributed by atoms with van der Waals surface area (Å²) in [7, 11) is 0. The highest BCUT2D eigenvalue weighted by atomic mass is 32.1. The van der Waals surface area contributed by atoms with Gasteiger partial charge in [-0.25, -0.2) is 4.79 Å². The molecule has 182 valence electrons. The predicted molar refractivity (Wildman–Crippen MR) is 130 cm³/mol. The van der Waals surface area contributed by atoms with Crippen LogP contribution in [-0.4, -0.2) is 77.4 Å². The summed E-state index contributed by atoms with van der Waals surface area (Å²) < 4.78 is 0. The van der Waals surface area contributed by atoms with Crippen molar-refractivity contribution in [1.82, 2.24) is 20.0 Å². The predicted octanol–water partition coefficient (Wildman–Crippen LogP) is 3.50. The van der Waals surface area contributed by atoms with E-state index in [1.54, 1.807) is 11.3 Å². The van der Waals surface area contributed by atoms with Crippen LogP contribution in [0, 0.1) is 5.92 Å². The lowest BCUT2D eigenvalue weighted by Crippen LogP contribution is -2.56. The molecular formula is C25H38N4O3S. The van der Waals surface area contributed by atoms with Crippen LogP contribution in [0.2, 0.25) is 0 Å². The second-order valence-electron chi connectivity index (χ2n) is 9.75. The van der Waals surface area contributed by atoms with Crippen LogP contribution >= 0.6 is 11.3 Å². The van der Waals surface area contributed by atoms with Crippen molar-refractivity contribution in [2.24, 2.45) is 5.92 Å². The highest BCUT2D eigenvalue weighted by molar-refractivity contribution is 7.09. The van der Waals surface area contributed by atoms with Crippen LogP contribution in [0.1, 0.15) is 63.2 Å². The van der Waals surface area contributed by atoms with Gasteiger partial charge in [0.25, 0.3) is 5.91 Å². The van der Waals surface area contributed by atoms with Gasteiger partial charge in [-0.05, 0) is 69.0 Å². The number of thiophene rings is 1. The van der Waals surface area contributed by atoms with Crippen LogP contribution in [0.15, 0.2) is 17.5 Å². The van der Waals surface area contributed by atoms with Crippen LogP contribution in [0.5, 0.6) is 0 Å². The lowest BCUT2D eigenvalue weighted by molar-refractivity contribution is -0.136. The first-order valence-electron chi connectivity index (χ1n) is 12.7. The minimum absolute atomic E-state index is 0.0687. The summed E-state index contributed by atoms with van der Waals surface area (Å²) in [5, 5.41) is 5.13. The Hall–Kier alpha value is -1.93. The smallest absolute Gasteiger partial charge is 0.325 e. The minimum atomic E-state index is -0.815. The van der Waals surface area contributed by atoms with Crippen LogP contribution in [-0.2, 0) is 16.0 Å². The van der Waals surface area contributed by atoms with Crippen molar-refractivity contribution in [2.45, 2.75) is 70.3 Å². The number of likely N-dealkylation sites (tertiary alicyclic amines) is 2. The Balaban J connectivity index is 1.33. The van der Waals surface area contributed by atoms with E-state index < -0.39 is 5.54 Å². The SMILES string of the molecule is CCC[C@@]1(C2CCN(C(=O)CCN3CCCCC3)CC2)NC(=O)N(CCc2cccs2)C1=O. The molecule has 3 aliphatic heterocycles. The van der Waals surface area contributed by atoms with Gasteiger partial charge >= 0.3 is 6.03 Å². The molecule has 4 rings (SSSR count). The Morgan fingerprint density at radius 1 is 1.12 bits per heavy atom. The molecule has 0 radical (unpaired) electrons. The molecule has 4 heterocycles. The zero-order chi connectivity index (χ0) is 23.3. The summed E-state index contributed by atoms with van der Waals surface area (Å²) in [4.78, 5) is 46.1. The number of nitrogens with zero attached hydrogens (tertiary/aromatic N) is 3. The number of nitrogens with one attached hydrogen (secondary N) is 1. The molecule has 0 aromatic carbocycles. The lowest BCUT2D eigenvalue weighted by atomic mass is 9.74. The fourth-order valence-electron chi connectivity index (χ4n) is 5.79. The maximum absolute atomic E-state index is 13.5. The van der Waals surface area contributed by atoms with Gasteiger partial charge in [0.15, 0.2) is 0 Å². The third-order valence-corrected chi connectivity index (χ3v) is 8.58. The van der Waals surface area contributed by atoms with E-state index in [0.29, 0.717) is 38.9 Å². The van der Waals surface area contributed by atoms with Gasteiger partial charge in [0.2, 0.25) is 5.91 Å². The third-order valence-electron chi connectivity index (χ3n) is 7.64. The monoisotopic (exact) mass is 474 g/mol. The molecule has 3 saturated heterocycles. The number of carbonyl (C=O) groups excluding carboxylic acids is 3. The topological polar surface area (TPSA) is 73.0 Å². The number of urea groups is 1. The van der Waals surface area contributed by atoms with E-state index in [-0.39, 0.29) is 23.8 Å². The minimum Gasteiger partial charge on any atom is -0.343 e. The van der Waals surface area contributed by atoms with Gasteiger partial charge in [0.05, 0.1) is 0 Å². The van der Waals surface area contributed by atoms with E-state index in [4.69, 9.17) is 0 Å². The van der Waals surface area contributed by atoms with E-state index in [1.807, 2.05) is 22.4 Å². The molecular weight excluding hydrogens is 436 g/mol. The van der Waals surface area contributed by atoms with Crippen LogP contribution in [0.3, 0.4) is 0 Å². The van der Waals surface area contributed by atoms with Crippen molar-refractivity contribution < 1.29 is 14.4 Å². The molecule has 33 heavy (non-hydrogen) atoms. The maximum Gasteiger partial charge on any atom is 0.325 e. The van der Waals surface area contributed by atoms with E-state index >= 15 is 0 Å².